The Labute approximate surface area is 147 Å². The summed E-state index contributed by atoms with van der Waals surface area (Å²) in [5.41, 5.74) is 3.22. The number of nitrogens with one attached hydrogen (secondary N) is 1. The summed E-state index contributed by atoms with van der Waals surface area (Å²) in [4.78, 5) is 15.8. The van der Waals surface area contributed by atoms with E-state index in [0.29, 0.717) is 5.75 Å². The molecule has 0 saturated heterocycles. The standard InChI is InChI=1S/C18H14BrN3O2/c19-18-15-6-2-1-5-14(15)7-8-16(18)24-12-17(23)22-21-11-13-4-3-9-20-10-13/h1-11H,12H2,(H,22,23)/b21-11-. The van der Waals surface area contributed by atoms with Crippen LogP contribution in [0.4, 0.5) is 0 Å². The van der Waals surface area contributed by atoms with Crippen LogP contribution in [-0.4, -0.2) is 23.7 Å². The van der Waals surface area contributed by atoms with E-state index < -0.39 is 0 Å². The van der Waals surface area contributed by atoms with Crippen molar-refractivity contribution in [3.05, 3.63) is 71.0 Å². The van der Waals surface area contributed by atoms with Crippen LogP contribution < -0.4 is 10.2 Å². The van der Waals surface area contributed by atoms with Gasteiger partial charge in [0.1, 0.15) is 5.75 Å². The molecule has 0 aliphatic rings. The fourth-order valence-electron chi connectivity index (χ4n) is 2.13. The average molecular weight is 384 g/mol. The SMILES string of the molecule is O=C(COc1ccc2ccccc2c1Br)N/N=C\c1cccnc1. The van der Waals surface area contributed by atoms with Crippen LogP contribution in [0.15, 0.2) is 70.5 Å². The zero-order valence-electron chi connectivity index (χ0n) is 12.6. The third kappa shape index (κ3) is 3.97. The molecule has 120 valence electrons. The molecule has 0 radical (unpaired) electrons. The van der Waals surface area contributed by atoms with Crippen molar-refractivity contribution in [1.82, 2.24) is 10.4 Å². The number of amides is 1. The quantitative estimate of drug-likeness (QED) is 0.541. The Morgan fingerprint density at radius 2 is 2.08 bits per heavy atom. The maximum absolute atomic E-state index is 11.8. The van der Waals surface area contributed by atoms with Crippen molar-refractivity contribution < 1.29 is 9.53 Å². The second kappa shape index (κ2) is 7.70. The summed E-state index contributed by atoms with van der Waals surface area (Å²) in [6.07, 6.45) is 4.85. The number of hydrogen-bond acceptors (Lipinski definition) is 4. The van der Waals surface area contributed by atoms with E-state index in [1.54, 1.807) is 18.5 Å². The second-order valence-corrected chi connectivity index (χ2v) is 5.76. The first-order valence-electron chi connectivity index (χ1n) is 7.26. The molecule has 2 aromatic carbocycles. The predicted molar refractivity (Wildman–Crippen MR) is 97.1 cm³/mol. The molecule has 3 aromatic rings. The van der Waals surface area contributed by atoms with Crippen molar-refractivity contribution in [2.45, 2.75) is 0 Å². The van der Waals surface area contributed by atoms with E-state index in [9.17, 15) is 4.79 Å². The van der Waals surface area contributed by atoms with Crippen LogP contribution in [0.3, 0.4) is 0 Å². The summed E-state index contributed by atoms with van der Waals surface area (Å²) in [7, 11) is 0. The number of pyridine rings is 1. The molecule has 0 saturated carbocycles. The molecular weight excluding hydrogens is 370 g/mol. The number of hydrogen-bond donors (Lipinski definition) is 1. The minimum atomic E-state index is -0.338. The molecule has 0 fully saturated rings. The first-order chi connectivity index (χ1) is 11.7. The predicted octanol–water partition coefficient (Wildman–Crippen LogP) is 3.53. The van der Waals surface area contributed by atoms with Gasteiger partial charge in [0.05, 0.1) is 10.7 Å². The molecule has 1 amide bonds. The summed E-state index contributed by atoms with van der Waals surface area (Å²) in [6, 6.07) is 15.4. The number of benzene rings is 2. The molecule has 6 heteroatoms. The van der Waals surface area contributed by atoms with Crippen molar-refractivity contribution in [2.24, 2.45) is 5.10 Å². The molecule has 1 aromatic heterocycles. The lowest BCUT2D eigenvalue weighted by molar-refractivity contribution is -0.123. The smallest absolute Gasteiger partial charge is 0.277 e. The van der Waals surface area contributed by atoms with E-state index in [0.717, 1.165) is 20.8 Å². The largest absolute Gasteiger partial charge is 0.483 e. The second-order valence-electron chi connectivity index (χ2n) is 4.97. The number of ether oxygens (including phenoxy) is 1. The Hall–Kier alpha value is -2.73. The number of fused-ring (bicyclic) bond motifs is 1. The Kier molecular flexibility index (Phi) is 5.18. The summed E-state index contributed by atoms with van der Waals surface area (Å²) in [5, 5.41) is 6.00. The van der Waals surface area contributed by atoms with E-state index in [-0.39, 0.29) is 12.5 Å². The molecule has 24 heavy (non-hydrogen) atoms. The molecule has 1 heterocycles. The van der Waals surface area contributed by atoms with E-state index in [2.05, 4.69) is 31.4 Å². The van der Waals surface area contributed by atoms with Gasteiger partial charge in [-0.2, -0.15) is 5.10 Å². The molecule has 0 aliphatic carbocycles. The molecule has 0 unspecified atom stereocenters. The lowest BCUT2D eigenvalue weighted by atomic mass is 10.1. The van der Waals surface area contributed by atoms with Gasteiger partial charge in [-0.1, -0.05) is 36.4 Å². The number of carbonyl (C=O) groups excluding carboxylic acids is 1. The van der Waals surface area contributed by atoms with Crippen molar-refractivity contribution >= 4 is 38.8 Å². The fourth-order valence-corrected chi connectivity index (χ4v) is 2.74. The van der Waals surface area contributed by atoms with Crippen molar-refractivity contribution in [1.29, 1.82) is 0 Å². The van der Waals surface area contributed by atoms with Gasteiger partial charge in [0.15, 0.2) is 6.61 Å². The van der Waals surface area contributed by atoms with Crippen molar-refractivity contribution in [3.63, 3.8) is 0 Å². The van der Waals surface area contributed by atoms with Crippen LogP contribution in [0.5, 0.6) is 5.75 Å². The van der Waals surface area contributed by atoms with Gasteiger partial charge in [-0.05, 0) is 38.8 Å². The normalized spacial score (nSPS) is 10.9. The summed E-state index contributed by atoms with van der Waals surface area (Å²) >= 11 is 3.52. The Bertz CT molecular complexity index is 882. The molecule has 0 bridgehead atoms. The summed E-state index contributed by atoms with van der Waals surface area (Å²) in [5.74, 6) is 0.273. The van der Waals surface area contributed by atoms with Gasteiger partial charge < -0.3 is 4.74 Å². The number of nitrogens with zero attached hydrogens (tertiary/aromatic N) is 2. The van der Waals surface area contributed by atoms with Crippen LogP contribution >= 0.6 is 15.9 Å². The zero-order chi connectivity index (χ0) is 16.8. The summed E-state index contributed by atoms with van der Waals surface area (Å²) < 4.78 is 6.39. The lowest BCUT2D eigenvalue weighted by Crippen LogP contribution is -2.24. The number of rotatable bonds is 5. The third-order valence-electron chi connectivity index (χ3n) is 3.27. The van der Waals surface area contributed by atoms with Gasteiger partial charge in [0.2, 0.25) is 0 Å². The zero-order valence-corrected chi connectivity index (χ0v) is 14.2. The van der Waals surface area contributed by atoms with Gasteiger partial charge in [0, 0.05) is 18.0 Å². The van der Waals surface area contributed by atoms with Gasteiger partial charge >= 0.3 is 0 Å². The maximum Gasteiger partial charge on any atom is 0.277 e. The van der Waals surface area contributed by atoms with E-state index in [1.807, 2.05) is 42.5 Å². The molecule has 3 rings (SSSR count). The highest BCUT2D eigenvalue weighted by Crippen LogP contribution is 2.32. The van der Waals surface area contributed by atoms with Gasteiger partial charge in [-0.15, -0.1) is 0 Å². The number of halogens is 1. The molecule has 5 nitrogen and oxygen atoms in total. The number of carbonyl (C=O) groups is 1. The molecule has 1 N–H and O–H groups in total. The van der Waals surface area contributed by atoms with E-state index >= 15 is 0 Å². The Morgan fingerprint density at radius 3 is 2.92 bits per heavy atom. The molecule has 0 aliphatic heterocycles. The third-order valence-corrected chi connectivity index (χ3v) is 4.09. The van der Waals surface area contributed by atoms with Crippen LogP contribution in [0.2, 0.25) is 0 Å². The van der Waals surface area contributed by atoms with Gasteiger partial charge in [-0.25, -0.2) is 5.43 Å². The minimum Gasteiger partial charge on any atom is -0.483 e. The average Bonchev–Trinajstić information content (AvgIpc) is 2.62. The highest BCUT2D eigenvalue weighted by atomic mass is 79.9. The van der Waals surface area contributed by atoms with E-state index in [4.69, 9.17) is 4.74 Å². The van der Waals surface area contributed by atoms with Crippen LogP contribution in [0, 0.1) is 0 Å². The number of hydrazone groups is 1. The minimum absolute atomic E-state index is 0.124. The van der Waals surface area contributed by atoms with E-state index in [1.165, 1.54) is 6.21 Å². The van der Waals surface area contributed by atoms with Crippen LogP contribution in [0.1, 0.15) is 5.56 Å². The lowest BCUT2D eigenvalue weighted by Gasteiger charge is -2.09. The molecule has 0 spiro atoms. The molecular formula is C18H14BrN3O2. The first-order valence-corrected chi connectivity index (χ1v) is 8.05. The Balaban J connectivity index is 1.58. The first kappa shape index (κ1) is 16.1. The fraction of sp³-hybridized carbons (Fsp3) is 0.0556. The number of aromatic nitrogens is 1. The monoisotopic (exact) mass is 383 g/mol. The molecule has 0 atom stereocenters. The van der Waals surface area contributed by atoms with Crippen LogP contribution in [-0.2, 0) is 4.79 Å². The topological polar surface area (TPSA) is 63.6 Å². The van der Waals surface area contributed by atoms with Crippen molar-refractivity contribution in [3.8, 4) is 5.75 Å². The highest BCUT2D eigenvalue weighted by Gasteiger charge is 2.08. The van der Waals surface area contributed by atoms with Crippen molar-refractivity contribution in [2.75, 3.05) is 6.61 Å². The maximum atomic E-state index is 11.8. The van der Waals surface area contributed by atoms with Gasteiger partial charge in [0.25, 0.3) is 5.91 Å². The van der Waals surface area contributed by atoms with Gasteiger partial charge in [-0.3, -0.25) is 9.78 Å². The highest BCUT2D eigenvalue weighted by molar-refractivity contribution is 9.10. The Morgan fingerprint density at radius 1 is 1.21 bits per heavy atom. The summed E-state index contributed by atoms with van der Waals surface area (Å²) in [6.45, 7) is -0.124. The van der Waals surface area contributed by atoms with Crippen LogP contribution in [0.25, 0.3) is 10.8 Å².